The van der Waals surface area contributed by atoms with Gasteiger partial charge in [0.05, 0.1) is 24.4 Å². The van der Waals surface area contributed by atoms with Crippen molar-refractivity contribution in [2.75, 3.05) is 7.11 Å². The SMILES string of the molecule is COC(C)Cn1cc(C(=O)C(F)(F)F)cn1. The smallest absolute Gasteiger partial charge is 0.380 e. The molecular formula is C9H11F3N2O2. The lowest BCUT2D eigenvalue weighted by Gasteiger charge is -2.08. The van der Waals surface area contributed by atoms with E-state index in [1.165, 1.54) is 11.8 Å². The molecule has 16 heavy (non-hydrogen) atoms. The average Bonchev–Trinajstić information content (AvgIpc) is 2.63. The summed E-state index contributed by atoms with van der Waals surface area (Å²) in [5.41, 5.74) is -0.462. The molecule has 0 fully saturated rings. The number of carbonyl (C=O) groups is 1. The third kappa shape index (κ3) is 3.06. The summed E-state index contributed by atoms with van der Waals surface area (Å²) >= 11 is 0. The van der Waals surface area contributed by atoms with Crippen molar-refractivity contribution >= 4 is 5.78 Å². The fourth-order valence-electron chi connectivity index (χ4n) is 1.08. The Kier molecular flexibility index (Phi) is 3.69. The monoisotopic (exact) mass is 236 g/mol. The van der Waals surface area contributed by atoms with E-state index in [9.17, 15) is 18.0 Å². The molecule has 0 spiro atoms. The number of ether oxygens (including phenoxy) is 1. The minimum absolute atomic E-state index is 0.186. The molecule has 0 aromatic carbocycles. The summed E-state index contributed by atoms with van der Waals surface area (Å²) in [6, 6.07) is 0. The molecule has 0 aliphatic heterocycles. The van der Waals surface area contributed by atoms with Crippen LogP contribution in [0.25, 0.3) is 0 Å². The number of methoxy groups -OCH3 is 1. The number of rotatable bonds is 4. The van der Waals surface area contributed by atoms with Crippen molar-refractivity contribution in [3.05, 3.63) is 18.0 Å². The zero-order chi connectivity index (χ0) is 12.3. The maximum Gasteiger partial charge on any atom is 0.454 e. The Hall–Kier alpha value is -1.37. The Balaban J connectivity index is 2.76. The van der Waals surface area contributed by atoms with Crippen LogP contribution in [0.2, 0.25) is 0 Å². The molecule has 1 atom stereocenters. The lowest BCUT2D eigenvalue weighted by molar-refractivity contribution is -0.0885. The molecule has 1 rings (SSSR count). The van der Waals surface area contributed by atoms with Gasteiger partial charge in [-0.05, 0) is 6.92 Å². The number of hydrogen-bond donors (Lipinski definition) is 0. The Morgan fingerprint density at radius 2 is 2.25 bits per heavy atom. The highest BCUT2D eigenvalue weighted by Gasteiger charge is 2.39. The van der Waals surface area contributed by atoms with Gasteiger partial charge in [0.15, 0.2) is 0 Å². The van der Waals surface area contributed by atoms with Gasteiger partial charge in [0, 0.05) is 13.3 Å². The molecule has 0 bridgehead atoms. The van der Waals surface area contributed by atoms with Gasteiger partial charge in [0.1, 0.15) is 0 Å². The van der Waals surface area contributed by atoms with Gasteiger partial charge in [-0.25, -0.2) is 0 Å². The van der Waals surface area contributed by atoms with E-state index in [0.717, 1.165) is 12.4 Å². The topological polar surface area (TPSA) is 44.1 Å². The molecule has 1 heterocycles. The average molecular weight is 236 g/mol. The van der Waals surface area contributed by atoms with Gasteiger partial charge in [-0.3, -0.25) is 9.48 Å². The first-order chi connectivity index (χ1) is 7.34. The summed E-state index contributed by atoms with van der Waals surface area (Å²) in [6.45, 7) is 2.04. The summed E-state index contributed by atoms with van der Waals surface area (Å²) in [5.74, 6) is -1.89. The summed E-state index contributed by atoms with van der Waals surface area (Å²) in [7, 11) is 1.48. The molecule has 0 amide bonds. The number of aromatic nitrogens is 2. The van der Waals surface area contributed by atoms with Gasteiger partial charge in [0.25, 0.3) is 5.78 Å². The van der Waals surface area contributed by atoms with E-state index >= 15 is 0 Å². The number of halogens is 3. The molecule has 7 heteroatoms. The molecule has 4 nitrogen and oxygen atoms in total. The van der Waals surface area contributed by atoms with Crippen LogP contribution in [0.1, 0.15) is 17.3 Å². The zero-order valence-corrected chi connectivity index (χ0v) is 8.78. The number of alkyl halides is 3. The second kappa shape index (κ2) is 4.65. The number of Topliss-reactive ketones (excluding diaryl/α,β-unsaturated/α-hetero) is 1. The first-order valence-corrected chi connectivity index (χ1v) is 4.51. The van der Waals surface area contributed by atoms with E-state index in [1.54, 1.807) is 6.92 Å². The van der Waals surface area contributed by atoms with E-state index < -0.39 is 17.5 Å². The van der Waals surface area contributed by atoms with Gasteiger partial charge in [0.2, 0.25) is 0 Å². The number of carbonyl (C=O) groups excluding carboxylic acids is 1. The highest BCUT2D eigenvalue weighted by atomic mass is 19.4. The van der Waals surface area contributed by atoms with E-state index in [4.69, 9.17) is 4.74 Å². The van der Waals surface area contributed by atoms with E-state index in [0.29, 0.717) is 6.54 Å². The van der Waals surface area contributed by atoms with Gasteiger partial charge in [-0.15, -0.1) is 0 Å². The normalized spacial score (nSPS) is 13.8. The number of hydrogen-bond acceptors (Lipinski definition) is 3. The Labute approximate surface area is 90.0 Å². The van der Waals surface area contributed by atoms with Crippen LogP contribution in [0.15, 0.2) is 12.4 Å². The van der Waals surface area contributed by atoms with Crippen molar-refractivity contribution in [3.8, 4) is 0 Å². The first-order valence-electron chi connectivity index (χ1n) is 4.51. The molecule has 0 N–H and O–H groups in total. The van der Waals surface area contributed by atoms with E-state index in [1.807, 2.05) is 0 Å². The minimum Gasteiger partial charge on any atom is -0.380 e. The Bertz CT molecular complexity index is 373. The standard InChI is InChI=1S/C9H11F3N2O2/c1-6(16-2)4-14-5-7(3-13-14)8(15)9(10,11)12/h3,5-6H,4H2,1-2H3. The predicted molar refractivity (Wildman–Crippen MR) is 49.1 cm³/mol. The molecule has 90 valence electrons. The van der Waals surface area contributed by atoms with Crippen LogP contribution in [0.5, 0.6) is 0 Å². The molecule has 0 aliphatic rings. The second-order valence-electron chi connectivity index (χ2n) is 3.32. The first kappa shape index (κ1) is 12.7. The lowest BCUT2D eigenvalue weighted by atomic mass is 10.2. The van der Waals surface area contributed by atoms with Crippen molar-refractivity contribution in [2.24, 2.45) is 0 Å². The molecule has 0 aliphatic carbocycles. The highest BCUT2D eigenvalue weighted by Crippen LogP contribution is 2.20. The summed E-state index contributed by atoms with van der Waals surface area (Å²) < 4.78 is 42.4. The Morgan fingerprint density at radius 1 is 1.62 bits per heavy atom. The largest absolute Gasteiger partial charge is 0.454 e. The highest BCUT2D eigenvalue weighted by molar-refractivity contribution is 5.99. The van der Waals surface area contributed by atoms with Crippen molar-refractivity contribution < 1.29 is 22.7 Å². The van der Waals surface area contributed by atoms with Crippen LogP contribution in [0.4, 0.5) is 13.2 Å². The van der Waals surface area contributed by atoms with Gasteiger partial charge in [-0.2, -0.15) is 18.3 Å². The fraction of sp³-hybridized carbons (Fsp3) is 0.556. The quantitative estimate of drug-likeness (QED) is 0.747. The number of ketones is 1. The summed E-state index contributed by atoms with van der Waals surface area (Å²) in [6.07, 6.45) is -3.08. The molecule has 1 unspecified atom stereocenters. The fourth-order valence-corrected chi connectivity index (χ4v) is 1.08. The molecule has 1 aromatic rings. The van der Waals surface area contributed by atoms with Crippen molar-refractivity contribution in [1.82, 2.24) is 9.78 Å². The second-order valence-corrected chi connectivity index (χ2v) is 3.32. The van der Waals surface area contributed by atoms with Crippen molar-refractivity contribution in [2.45, 2.75) is 25.7 Å². The molecule has 0 saturated carbocycles. The third-order valence-electron chi connectivity index (χ3n) is 2.00. The van der Waals surface area contributed by atoms with E-state index in [-0.39, 0.29) is 6.10 Å². The Morgan fingerprint density at radius 3 is 2.75 bits per heavy atom. The predicted octanol–water partition coefficient (Wildman–Crippen LogP) is 1.66. The molecule has 0 saturated heterocycles. The van der Waals surface area contributed by atoms with Crippen LogP contribution in [-0.2, 0) is 11.3 Å². The van der Waals surface area contributed by atoms with Crippen LogP contribution < -0.4 is 0 Å². The van der Waals surface area contributed by atoms with Crippen LogP contribution in [0.3, 0.4) is 0 Å². The maximum atomic E-state index is 12.1. The molecule has 0 radical (unpaired) electrons. The minimum atomic E-state index is -4.86. The third-order valence-corrected chi connectivity index (χ3v) is 2.00. The van der Waals surface area contributed by atoms with Gasteiger partial charge >= 0.3 is 6.18 Å². The summed E-state index contributed by atoms with van der Waals surface area (Å²) in [5, 5.41) is 3.65. The zero-order valence-electron chi connectivity index (χ0n) is 8.78. The molecular weight excluding hydrogens is 225 g/mol. The van der Waals surface area contributed by atoms with Crippen LogP contribution >= 0.6 is 0 Å². The summed E-state index contributed by atoms with van der Waals surface area (Å²) in [4.78, 5) is 10.8. The molecule has 1 aromatic heterocycles. The van der Waals surface area contributed by atoms with Crippen LogP contribution in [0, 0.1) is 0 Å². The van der Waals surface area contributed by atoms with Crippen LogP contribution in [-0.4, -0.2) is 35.0 Å². The van der Waals surface area contributed by atoms with Crippen molar-refractivity contribution in [3.63, 3.8) is 0 Å². The van der Waals surface area contributed by atoms with Gasteiger partial charge < -0.3 is 4.74 Å². The number of nitrogens with zero attached hydrogens (tertiary/aromatic N) is 2. The lowest BCUT2D eigenvalue weighted by Crippen LogP contribution is -2.22. The van der Waals surface area contributed by atoms with Crippen molar-refractivity contribution in [1.29, 1.82) is 0 Å². The van der Waals surface area contributed by atoms with Gasteiger partial charge in [-0.1, -0.05) is 0 Å². The maximum absolute atomic E-state index is 12.1. The van der Waals surface area contributed by atoms with E-state index in [2.05, 4.69) is 5.10 Å².